The lowest BCUT2D eigenvalue weighted by Crippen LogP contribution is -2.33. The number of benzene rings is 1. The number of amides is 1. The van der Waals surface area contributed by atoms with Crippen LogP contribution in [-0.2, 0) is 4.79 Å². The molecule has 0 saturated heterocycles. The summed E-state index contributed by atoms with van der Waals surface area (Å²) in [4.78, 5) is 11.2. The summed E-state index contributed by atoms with van der Waals surface area (Å²) < 4.78 is 6.27. The maximum Gasteiger partial charge on any atom is 0.260 e. The van der Waals surface area contributed by atoms with E-state index in [1.54, 1.807) is 26.1 Å². The molecule has 1 unspecified atom stereocenters. The summed E-state index contributed by atoms with van der Waals surface area (Å²) in [6.07, 6.45) is -0.557. The summed E-state index contributed by atoms with van der Waals surface area (Å²) in [6, 6.07) is 5.26. The van der Waals surface area contributed by atoms with E-state index in [1.807, 2.05) is 6.07 Å². The van der Waals surface area contributed by atoms with Crippen LogP contribution < -0.4 is 15.8 Å². The number of nitrogens with one attached hydrogen (secondary N) is 1. The number of nitrogen functional groups attached to an aromatic ring is 1. The Morgan fingerprint density at radius 3 is 2.80 bits per heavy atom. The molecule has 0 heterocycles. The summed E-state index contributed by atoms with van der Waals surface area (Å²) in [7, 11) is 1.56. The van der Waals surface area contributed by atoms with Gasteiger partial charge in [0.05, 0.1) is 5.69 Å². The van der Waals surface area contributed by atoms with Crippen molar-refractivity contribution in [2.24, 2.45) is 0 Å². The monoisotopic (exact) mass is 272 g/mol. The Balaban J connectivity index is 2.76. The molecule has 15 heavy (non-hydrogen) atoms. The number of hydrogen-bond donors (Lipinski definition) is 2. The maximum atomic E-state index is 11.2. The van der Waals surface area contributed by atoms with Gasteiger partial charge >= 0.3 is 0 Å². The molecular weight excluding hydrogens is 260 g/mol. The van der Waals surface area contributed by atoms with Crippen molar-refractivity contribution in [2.75, 3.05) is 12.8 Å². The molecule has 1 rings (SSSR count). The lowest BCUT2D eigenvalue weighted by molar-refractivity contribution is -0.126. The van der Waals surface area contributed by atoms with Crippen LogP contribution in [0.4, 0.5) is 5.69 Å². The summed E-state index contributed by atoms with van der Waals surface area (Å²) in [6.45, 7) is 1.67. The summed E-state index contributed by atoms with van der Waals surface area (Å²) >= 11 is 3.29. The van der Waals surface area contributed by atoms with Crippen molar-refractivity contribution >= 4 is 27.5 Å². The van der Waals surface area contributed by atoms with Crippen LogP contribution in [-0.4, -0.2) is 19.1 Å². The number of carbonyl (C=O) groups excluding carboxylic acids is 1. The molecule has 0 spiro atoms. The molecule has 0 saturated carbocycles. The van der Waals surface area contributed by atoms with E-state index >= 15 is 0 Å². The van der Waals surface area contributed by atoms with Crippen molar-refractivity contribution in [1.82, 2.24) is 5.32 Å². The number of nitrogens with two attached hydrogens (primary N) is 1. The van der Waals surface area contributed by atoms with E-state index in [0.29, 0.717) is 11.4 Å². The molecule has 0 radical (unpaired) electrons. The van der Waals surface area contributed by atoms with Crippen molar-refractivity contribution in [3.05, 3.63) is 22.7 Å². The molecular formula is C10H13BrN2O2. The summed E-state index contributed by atoms with van der Waals surface area (Å²) in [5.41, 5.74) is 6.22. The Bertz CT molecular complexity index is 368. The largest absolute Gasteiger partial charge is 0.479 e. The van der Waals surface area contributed by atoms with Crippen LogP contribution in [0.15, 0.2) is 22.7 Å². The van der Waals surface area contributed by atoms with E-state index in [4.69, 9.17) is 10.5 Å². The highest BCUT2D eigenvalue weighted by molar-refractivity contribution is 9.10. The molecule has 0 aliphatic rings. The van der Waals surface area contributed by atoms with Gasteiger partial charge in [-0.3, -0.25) is 4.79 Å². The van der Waals surface area contributed by atoms with Gasteiger partial charge in [-0.2, -0.15) is 0 Å². The van der Waals surface area contributed by atoms with Gasteiger partial charge < -0.3 is 15.8 Å². The number of halogens is 1. The molecule has 4 nitrogen and oxygen atoms in total. The third kappa shape index (κ3) is 3.13. The highest BCUT2D eigenvalue weighted by Crippen LogP contribution is 2.25. The first-order chi connectivity index (χ1) is 7.04. The van der Waals surface area contributed by atoms with Gasteiger partial charge in [0, 0.05) is 11.5 Å². The van der Waals surface area contributed by atoms with Crippen LogP contribution in [0.1, 0.15) is 6.92 Å². The minimum atomic E-state index is -0.557. The normalized spacial score (nSPS) is 11.9. The lowest BCUT2D eigenvalue weighted by Gasteiger charge is -2.14. The molecule has 1 aromatic rings. The number of rotatable bonds is 3. The third-order valence-electron chi connectivity index (χ3n) is 1.89. The van der Waals surface area contributed by atoms with E-state index in [9.17, 15) is 4.79 Å². The Hall–Kier alpha value is -1.23. The number of carbonyl (C=O) groups is 1. The molecule has 0 fully saturated rings. The van der Waals surface area contributed by atoms with E-state index < -0.39 is 6.10 Å². The molecule has 1 amide bonds. The zero-order valence-electron chi connectivity index (χ0n) is 8.58. The molecule has 5 heteroatoms. The molecule has 1 aromatic carbocycles. The van der Waals surface area contributed by atoms with Crippen molar-refractivity contribution < 1.29 is 9.53 Å². The average molecular weight is 273 g/mol. The first kappa shape index (κ1) is 11.8. The SMILES string of the molecule is CNC(=O)C(C)Oc1ccc(Br)cc1N. The number of hydrogen-bond acceptors (Lipinski definition) is 3. The molecule has 0 aromatic heterocycles. The molecule has 0 bridgehead atoms. The maximum absolute atomic E-state index is 11.2. The van der Waals surface area contributed by atoms with Gasteiger partial charge in [-0.05, 0) is 25.1 Å². The topological polar surface area (TPSA) is 64.3 Å². The second-order valence-corrected chi connectivity index (χ2v) is 3.97. The molecule has 0 aliphatic heterocycles. The predicted octanol–water partition coefficient (Wildman–Crippen LogP) is 1.54. The average Bonchev–Trinajstić information content (AvgIpc) is 2.20. The third-order valence-corrected chi connectivity index (χ3v) is 2.38. The second-order valence-electron chi connectivity index (χ2n) is 3.06. The van der Waals surface area contributed by atoms with E-state index in [1.165, 1.54) is 0 Å². The Morgan fingerprint density at radius 2 is 2.27 bits per heavy atom. The van der Waals surface area contributed by atoms with E-state index in [0.717, 1.165) is 4.47 Å². The van der Waals surface area contributed by atoms with Crippen LogP contribution in [0.5, 0.6) is 5.75 Å². The van der Waals surface area contributed by atoms with Crippen molar-refractivity contribution in [3.63, 3.8) is 0 Å². The zero-order valence-corrected chi connectivity index (χ0v) is 10.2. The number of likely N-dealkylation sites (N-methyl/N-ethyl adjacent to an activating group) is 1. The van der Waals surface area contributed by atoms with Crippen LogP contribution in [0, 0.1) is 0 Å². The van der Waals surface area contributed by atoms with E-state index in [2.05, 4.69) is 21.2 Å². The first-order valence-corrected chi connectivity index (χ1v) is 5.27. The fraction of sp³-hybridized carbons (Fsp3) is 0.300. The van der Waals surface area contributed by atoms with Crippen LogP contribution in [0.3, 0.4) is 0 Å². The van der Waals surface area contributed by atoms with E-state index in [-0.39, 0.29) is 5.91 Å². The van der Waals surface area contributed by atoms with Gasteiger partial charge in [0.25, 0.3) is 5.91 Å². The van der Waals surface area contributed by atoms with Crippen molar-refractivity contribution in [1.29, 1.82) is 0 Å². The molecule has 1 atom stereocenters. The number of ether oxygens (including phenoxy) is 1. The van der Waals surface area contributed by atoms with Gasteiger partial charge in [0.15, 0.2) is 6.10 Å². The zero-order chi connectivity index (χ0) is 11.4. The summed E-state index contributed by atoms with van der Waals surface area (Å²) in [5.74, 6) is 0.326. The lowest BCUT2D eigenvalue weighted by atomic mass is 10.3. The number of anilines is 1. The Kier molecular flexibility index (Phi) is 3.96. The first-order valence-electron chi connectivity index (χ1n) is 4.48. The minimum Gasteiger partial charge on any atom is -0.479 e. The minimum absolute atomic E-state index is 0.183. The highest BCUT2D eigenvalue weighted by atomic mass is 79.9. The summed E-state index contributed by atoms with van der Waals surface area (Å²) in [5, 5.41) is 2.50. The molecule has 0 aliphatic carbocycles. The second kappa shape index (κ2) is 5.02. The Labute approximate surface area is 96.9 Å². The fourth-order valence-electron chi connectivity index (χ4n) is 1.07. The van der Waals surface area contributed by atoms with Crippen molar-refractivity contribution in [2.45, 2.75) is 13.0 Å². The van der Waals surface area contributed by atoms with Crippen LogP contribution >= 0.6 is 15.9 Å². The highest BCUT2D eigenvalue weighted by Gasteiger charge is 2.13. The Morgan fingerprint density at radius 1 is 1.60 bits per heavy atom. The van der Waals surface area contributed by atoms with Crippen LogP contribution in [0.25, 0.3) is 0 Å². The molecule has 82 valence electrons. The van der Waals surface area contributed by atoms with Gasteiger partial charge in [0.2, 0.25) is 0 Å². The van der Waals surface area contributed by atoms with Gasteiger partial charge in [0.1, 0.15) is 5.75 Å². The van der Waals surface area contributed by atoms with Crippen LogP contribution in [0.2, 0.25) is 0 Å². The fourth-order valence-corrected chi connectivity index (χ4v) is 1.45. The van der Waals surface area contributed by atoms with Crippen molar-refractivity contribution in [3.8, 4) is 5.75 Å². The van der Waals surface area contributed by atoms with Gasteiger partial charge in [-0.1, -0.05) is 15.9 Å². The predicted molar refractivity (Wildman–Crippen MR) is 62.7 cm³/mol. The standard InChI is InChI=1S/C10H13BrN2O2/c1-6(10(14)13-2)15-9-4-3-7(11)5-8(9)12/h3-6H,12H2,1-2H3,(H,13,14). The van der Waals surface area contributed by atoms with Gasteiger partial charge in [-0.25, -0.2) is 0 Å². The van der Waals surface area contributed by atoms with Gasteiger partial charge in [-0.15, -0.1) is 0 Å². The quantitative estimate of drug-likeness (QED) is 0.821. The molecule has 3 N–H and O–H groups in total. The smallest absolute Gasteiger partial charge is 0.260 e.